The van der Waals surface area contributed by atoms with Crippen LogP contribution in [0.1, 0.15) is 17.0 Å². The molecule has 1 heterocycles. The lowest BCUT2D eigenvalue weighted by molar-refractivity contribution is 0.416. The maximum Gasteiger partial charge on any atom is 0.128 e. The summed E-state index contributed by atoms with van der Waals surface area (Å²) < 4.78 is 5.41. The number of benzene rings is 1. The van der Waals surface area contributed by atoms with E-state index in [0.717, 1.165) is 22.8 Å². The molecule has 0 fully saturated rings. The number of methoxy groups -OCH3 is 1. The van der Waals surface area contributed by atoms with Crippen LogP contribution >= 0.6 is 12.6 Å². The maximum absolute atomic E-state index is 5.41. The molecule has 0 saturated carbocycles. The maximum atomic E-state index is 5.41. The summed E-state index contributed by atoms with van der Waals surface area (Å²) in [5.74, 6) is 2.33. The highest BCUT2D eigenvalue weighted by Crippen LogP contribution is 2.31. The Morgan fingerprint density at radius 1 is 1.29 bits per heavy atom. The number of hydrogen-bond acceptors (Lipinski definition) is 3. The number of aryl methyl sites for hydroxylation is 2. The van der Waals surface area contributed by atoms with Crippen LogP contribution in [0.15, 0.2) is 18.3 Å². The number of thiol groups is 1. The Kier molecular flexibility index (Phi) is 3.43. The van der Waals surface area contributed by atoms with Gasteiger partial charge < -0.3 is 9.72 Å². The van der Waals surface area contributed by atoms with Crippen LogP contribution in [-0.4, -0.2) is 17.1 Å². The van der Waals surface area contributed by atoms with Crippen molar-refractivity contribution in [3.63, 3.8) is 0 Å². The van der Waals surface area contributed by atoms with Crippen molar-refractivity contribution in [2.75, 3.05) is 7.11 Å². The van der Waals surface area contributed by atoms with Crippen LogP contribution in [0.3, 0.4) is 0 Å². The van der Waals surface area contributed by atoms with Gasteiger partial charge in [0.1, 0.15) is 11.6 Å². The number of aromatic amines is 1. The zero-order chi connectivity index (χ0) is 12.4. The molecule has 0 radical (unpaired) electrons. The molecule has 2 rings (SSSR count). The fourth-order valence-electron chi connectivity index (χ4n) is 1.75. The van der Waals surface area contributed by atoms with Crippen LogP contribution < -0.4 is 4.74 Å². The van der Waals surface area contributed by atoms with Crippen LogP contribution in [0, 0.1) is 13.8 Å². The molecule has 90 valence electrons. The molecule has 3 nitrogen and oxygen atoms in total. The van der Waals surface area contributed by atoms with Crippen LogP contribution in [0.2, 0.25) is 0 Å². The first-order valence-electron chi connectivity index (χ1n) is 5.46. The number of ether oxygens (including phenoxy) is 1. The highest BCUT2D eigenvalue weighted by molar-refractivity contribution is 7.79. The molecule has 0 aliphatic heterocycles. The summed E-state index contributed by atoms with van der Waals surface area (Å²) >= 11 is 4.20. The lowest BCUT2D eigenvalue weighted by Crippen LogP contribution is -1.92. The second-order valence-electron chi connectivity index (χ2n) is 4.04. The average molecular weight is 248 g/mol. The van der Waals surface area contributed by atoms with Crippen molar-refractivity contribution in [3.05, 3.63) is 35.3 Å². The highest BCUT2D eigenvalue weighted by atomic mass is 32.1. The van der Waals surface area contributed by atoms with Gasteiger partial charge in [0.15, 0.2) is 0 Å². The van der Waals surface area contributed by atoms with Gasteiger partial charge in [-0.15, -0.1) is 0 Å². The van der Waals surface area contributed by atoms with Gasteiger partial charge in [0, 0.05) is 11.3 Å². The third kappa shape index (κ3) is 2.31. The SMILES string of the molecule is COc1cc(C)c(C)cc1-c1cnc(CS)[nH]1. The van der Waals surface area contributed by atoms with Gasteiger partial charge in [0.25, 0.3) is 0 Å². The lowest BCUT2D eigenvalue weighted by Gasteiger charge is -2.10. The molecule has 0 bridgehead atoms. The molecule has 0 atom stereocenters. The van der Waals surface area contributed by atoms with Crippen molar-refractivity contribution in [1.29, 1.82) is 0 Å². The number of nitrogens with zero attached hydrogens (tertiary/aromatic N) is 1. The average Bonchev–Trinajstić information content (AvgIpc) is 2.80. The Labute approximate surface area is 107 Å². The van der Waals surface area contributed by atoms with E-state index in [1.54, 1.807) is 7.11 Å². The van der Waals surface area contributed by atoms with Crippen molar-refractivity contribution < 1.29 is 4.74 Å². The molecule has 1 aromatic heterocycles. The molecule has 0 saturated heterocycles. The molecule has 0 aliphatic rings. The largest absolute Gasteiger partial charge is 0.496 e. The number of nitrogens with one attached hydrogen (secondary N) is 1. The van der Waals surface area contributed by atoms with E-state index < -0.39 is 0 Å². The van der Waals surface area contributed by atoms with Gasteiger partial charge in [-0.05, 0) is 37.1 Å². The first-order valence-corrected chi connectivity index (χ1v) is 6.09. The van der Waals surface area contributed by atoms with E-state index in [1.807, 2.05) is 12.3 Å². The third-order valence-corrected chi connectivity index (χ3v) is 3.18. The molecule has 1 aromatic carbocycles. The van der Waals surface area contributed by atoms with Gasteiger partial charge in [-0.1, -0.05) is 0 Å². The van der Waals surface area contributed by atoms with Crippen LogP contribution in [0.5, 0.6) is 5.75 Å². The minimum Gasteiger partial charge on any atom is -0.496 e. The summed E-state index contributed by atoms with van der Waals surface area (Å²) in [4.78, 5) is 7.48. The summed E-state index contributed by atoms with van der Waals surface area (Å²) in [6.07, 6.45) is 1.82. The van der Waals surface area contributed by atoms with Gasteiger partial charge >= 0.3 is 0 Å². The molecule has 0 unspecified atom stereocenters. The van der Waals surface area contributed by atoms with Crippen molar-refractivity contribution in [2.24, 2.45) is 0 Å². The van der Waals surface area contributed by atoms with Crippen molar-refractivity contribution in [1.82, 2.24) is 9.97 Å². The molecule has 17 heavy (non-hydrogen) atoms. The minimum atomic E-state index is 0.604. The molecule has 2 aromatic rings. The van der Waals surface area contributed by atoms with Crippen LogP contribution in [0.4, 0.5) is 0 Å². The predicted octanol–water partition coefficient (Wildman–Crippen LogP) is 3.13. The van der Waals surface area contributed by atoms with E-state index in [1.165, 1.54) is 11.1 Å². The fraction of sp³-hybridized carbons (Fsp3) is 0.308. The topological polar surface area (TPSA) is 37.9 Å². The van der Waals surface area contributed by atoms with Crippen LogP contribution in [-0.2, 0) is 5.75 Å². The Bertz CT molecular complexity index is 534. The molecule has 0 spiro atoms. The molecule has 1 N–H and O–H groups in total. The summed E-state index contributed by atoms with van der Waals surface area (Å²) in [7, 11) is 1.68. The summed E-state index contributed by atoms with van der Waals surface area (Å²) in [6.45, 7) is 4.17. The van der Waals surface area contributed by atoms with Gasteiger partial charge in [0.05, 0.1) is 19.0 Å². The predicted molar refractivity (Wildman–Crippen MR) is 72.7 cm³/mol. The third-order valence-electron chi connectivity index (χ3n) is 2.88. The van der Waals surface area contributed by atoms with Crippen LogP contribution in [0.25, 0.3) is 11.3 Å². The van der Waals surface area contributed by atoms with Gasteiger partial charge in [-0.2, -0.15) is 12.6 Å². The lowest BCUT2D eigenvalue weighted by atomic mass is 10.0. The molecular formula is C13H16N2OS. The Morgan fingerprint density at radius 2 is 2.00 bits per heavy atom. The summed E-state index contributed by atoms with van der Waals surface area (Å²) in [5.41, 5.74) is 4.47. The molecular weight excluding hydrogens is 232 g/mol. The first-order chi connectivity index (χ1) is 8.15. The second-order valence-corrected chi connectivity index (χ2v) is 4.35. The summed E-state index contributed by atoms with van der Waals surface area (Å²) in [6, 6.07) is 4.16. The quantitative estimate of drug-likeness (QED) is 0.819. The Balaban J connectivity index is 2.53. The van der Waals surface area contributed by atoms with Gasteiger partial charge in [-0.3, -0.25) is 0 Å². The van der Waals surface area contributed by atoms with Crippen molar-refractivity contribution in [2.45, 2.75) is 19.6 Å². The standard InChI is InChI=1S/C13H16N2OS/c1-8-4-10(12(16-3)5-9(8)2)11-6-14-13(7-17)15-11/h4-6,17H,7H2,1-3H3,(H,14,15). The van der Waals surface area contributed by atoms with E-state index in [9.17, 15) is 0 Å². The monoisotopic (exact) mass is 248 g/mol. The number of hydrogen-bond donors (Lipinski definition) is 2. The van der Waals surface area contributed by atoms with E-state index >= 15 is 0 Å². The zero-order valence-electron chi connectivity index (χ0n) is 10.2. The van der Waals surface area contributed by atoms with E-state index in [4.69, 9.17) is 4.74 Å². The van der Waals surface area contributed by atoms with Crippen molar-refractivity contribution in [3.8, 4) is 17.0 Å². The smallest absolute Gasteiger partial charge is 0.128 e. The number of imidazole rings is 1. The number of rotatable bonds is 3. The van der Waals surface area contributed by atoms with E-state index in [0.29, 0.717) is 5.75 Å². The zero-order valence-corrected chi connectivity index (χ0v) is 11.1. The number of aromatic nitrogens is 2. The number of H-pyrrole nitrogens is 1. The molecule has 0 aliphatic carbocycles. The first kappa shape index (κ1) is 12.0. The Hall–Kier alpha value is -1.42. The molecule has 0 amide bonds. The van der Waals surface area contributed by atoms with Gasteiger partial charge in [0.2, 0.25) is 0 Å². The summed E-state index contributed by atoms with van der Waals surface area (Å²) in [5, 5.41) is 0. The highest BCUT2D eigenvalue weighted by Gasteiger charge is 2.10. The van der Waals surface area contributed by atoms with Gasteiger partial charge in [-0.25, -0.2) is 4.98 Å². The minimum absolute atomic E-state index is 0.604. The van der Waals surface area contributed by atoms with Crippen molar-refractivity contribution >= 4 is 12.6 Å². The molecule has 4 heteroatoms. The Morgan fingerprint density at radius 3 is 2.59 bits per heavy atom. The fourth-order valence-corrected chi connectivity index (χ4v) is 1.91. The van der Waals surface area contributed by atoms with E-state index in [-0.39, 0.29) is 0 Å². The normalized spacial score (nSPS) is 10.6. The van der Waals surface area contributed by atoms with E-state index in [2.05, 4.69) is 42.5 Å². The second kappa shape index (κ2) is 4.84.